The Labute approximate surface area is 164 Å². The Kier molecular flexibility index (Phi) is 6.03. The molecule has 0 atom stereocenters. The third-order valence-corrected chi connectivity index (χ3v) is 4.69. The van der Waals surface area contributed by atoms with Crippen LogP contribution in [0.3, 0.4) is 0 Å². The van der Waals surface area contributed by atoms with Crippen LogP contribution in [0, 0.1) is 6.92 Å². The van der Waals surface area contributed by atoms with E-state index in [9.17, 15) is 9.59 Å². The molecule has 0 radical (unpaired) electrons. The summed E-state index contributed by atoms with van der Waals surface area (Å²) < 4.78 is 11.0. The minimum Gasteiger partial charge on any atom is -0.493 e. The molecule has 148 valence electrons. The lowest BCUT2D eigenvalue weighted by Gasteiger charge is -2.20. The first kappa shape index (κ1) is 19.5. The molecule has 7 nitrogen and oxygen atoms in total. The molecule has 1 aliphatic heterocycles. The third-order valence-electron chi connectivity index (χ3n) is 4.69. The number of likely N-dealkylation sites (N-methyl/N-ethyl adjacent to an activating group) is 1. The van der Waals surface area contributed by atoms with Gasteiger partial charge < -0.3 is 19.7 Å². The molecular formula is C21H25N3O4. The van der Waals surface area contributed by atoms with E-state index in [1.807, 2.05) is 43.3 Å². The molecule has 1 aliphatic rings. The number of urea groups is 1. The number of ether oxygens (including phenoxy) is 2. The van der Waals surface area contributed by atoms with E-state index in [1.54, 1.807) is 30.0 Å². The Morgan fingerprint density at radius 1 is 1.21 bits per heavy atom. The lowest BCUT2D eigenvalue weighted by Crippen LogP contribution is -2.31. The molecule has 2 aromatic rings. The standard InChI is InChI=1S/C21H25N3O4/c1-15-14-16(8-9-17(15)24-11-10-22-21(24)26)20(25)23(2)12-13-28-19-7-5-4-6-18(19)27-3/h4-9,14H,10-13H2,1-3H3,(H,22,26). The van der Waals surface area contributed by atoms with Crippen molar-refractivity contribution in [1.82, 2.24) is 10.2 Å². The summed E-state index contributed by atoms with van der Waals surface area (Å²) in [6.07, 6.45) is 0. The highest BCUT2D eigenvalue weighted by Gasteiger charge is 2.23. The van der Waals surface area contributed by atoms with Crippen molar-refractivity contribution in [2.75, 3.05) is 45.3 Å². The molecule has 1 heterocycles. The van der Waals surface area contributed by atoms with E-state index in [4.69, 9.17) is 9.47 Å². The summed E-state index contributed by atoms with van der Waals surface area (Å²) in [7, 11) is 3.33. The molecule has 1 N–H and O–H groups in total. The van der Waals surface area contributed by atoms with Gasteiger partial charge in [-0.25, -0.2) is 4.79 Å². The third kappa shape index (κ3) is 4.19. The number of hydrogen-bond acceptors (Lipinski definition) is 4. The second kappa shape index (κ2) is 8.65. The maximum atomic E-state index is 12.7. The number of aryl methyl sites for hydroxylation is 1. The van der Waals surface area contributed by atoms with Crippen LogP contribution in [0.4, 0.5) is 10.5 Å². The van der Waals surface area contributed by atoms with Crippen LogP contribution >= 0.6 is 0 Å². The zero-order valence-corrected chi connectivity index (χ0v) is 16.4. The van der Waals surface area contributed by atoms with Crippen molar-refractivity contribution in [3.05, 3.63) is 53.6 Å². The second-order valence-corrected chi connectivity index (χ2v) is 6.61. The average Bonchev–Trinajstić information content (AvgIpc) is 3.13. The van der Waals surface area contributed by atoms with Gasteiger partial charge in [-0.3, -0.25) is 9.69 Å². The van der Waals surface area contributed by atoms with Crippen molar-refractivity contribution in [1.29, 1.82) is 0 Å². The number of hydrogen-bond donors (Lipinski definition) is 1. The number of carbonyl (C=O) groups is 2. The smallest absolute Gasteiger partial charge is 0.322 e. The first-order chi connectivity index (χ1) is 13.5. The molecule has 3 amide bonds. The Balaban J connectivity index is 1.60. The number of anilines is 1. The molecule has 0 bridgehead atoms. The summed E-state index contributed by atoms with van der Waals surface area (Å²) in [4.78, 5) is 27.9. The lowest BCUT2D eigenvalue weighted by molar-refractivity contribution is 0.0773. The molecule has 3 rings (SSSR count). The van der Waals surface area contributed by atoms with Gasteiger partial charge >= 0.3 is 6.03 Å². The summed E-state index contributed by atoms with van der Waals surface area (Å²) >= 11 is 0. The number of rotatable bonds is 7. The Bertz CT molecular complexity index is 868. The predicted molar refractivity (Wildman–Crippen MR) is 107 cm³/mol. The van der Waals surface area contributed by atoms with Crippen LogP contribution in [0.15, 0.2) is 42.5 Å². The fraction of sp³-hybridized carbons (Fsp3) is 0.333. The van der Waals surface area contributed by atoms with Gasteiger partial charge in [0, 0.05) is 31.4 Å². The summed E-state index contributed by atoms with van der Waals surface area (Å²) in [5, 5.41) is 2.78. The van der Waals surface area contributed by atoms with Crippen LogP contribution in [0.1, 0.15) is 15.9 Å². The van der Waals surface area contributed by atoms with Gasteiger partial charge in [-0.15, -0.1) is 0 Å². The van der Waals surface area contributed by atoms with Gasteiger partial charge in [0.05, 0.1) is 13.7 Å². The van der Waals surface area contributed by atoms with Gasteiger partial charge in [0.15, 0.2) is 11.5 Å². The molecule has 7 heteroatoms. The quantitative estimate of drug-likeness (QED) is 0.798. The van der Waals surface area contributed by atoms with Crippen LogP contribution < -0.4 is 19.7 Å². The highest BCUT2D eigenvalue weighted by Crippen LogP contribution is 2.26. The van der Waals surface area contributed by atoms with Crippen LogP contribution in [-0.4, -0.2) is 57.2 Å². The zero-order chi connectivity index (χ0) is 20.1. The van der Waals surface area contributed by atoms with Gasteiger partial charge in [0.25, 0.3) is 5.91 Å². The van der Waals surface area contributed by atoms with E-state index in [0.717, 1.165) is 11.3 Å². The number of amides is 3. The monoisotopic (exact) mass is 383 g/mol. The van der Waals surface area contributed by atoms with Crippen molar-refractivity contribution >= 4 is 17.6 Å². The second-order valence-electron chi connectivity index (χ2n) is 6.61. The summed E-state index contributed by atoms with van der Waals surface area (Å²) in [5.41, 5.74) is 2.30. The largest absolute Gasteiger partial charge is 0.493 e. The highest BCUT2D eigenvalue weighted by atomic mass is 16.5. The van der Waals surface area contributed by atoms with Crippen molar-refractivity contribution in [3.8, 4) is 11.5 Å². The van der Waals surface area contributed by atoms with E-state index in [0.29, 0.717) is 43.3 Å². The van der Waals surface area contributed by atoms with Gasteiger partial charge in [-0.05, 0) is 42.8 Å². The number of carbonyl (C=O) groups excluding carboxylic acids is 2. The normalized spacial score (nSPS) is 13.2. The molecule has 2 aromatic carbocycles. The molecule has 28 heavy (non-hydrogen) atoms. The van der Waals surface area contributed by atoms with E-state index < -0.39 is 0 Å². The fourth-order valence-electron chi connectivity index (χ4n) is 3.15. The van der Waals surface area contributed by atoms with Crippen molar-refractivity contribution in [2.45, 2.75) is 6.92 Å². The SMILES string of the molecule is COc1ccccc1OCCN(C)C(=O)c1ccc(N2CCNC2=O)c(C)c1. The van der Waals surface area contributed by atoms with E-state index >= 15 is 0 Å². The summed E-state index contributed by atoms with van der Waals surface area (Å²) in [6, 6.07) is 12.7. The van der Waals surface area contributed by atoms with E-state index in [-0.39, 0.29) is 11.9 Å². The molecule has 0 spiro atoms. The first-order valence-electron chi connectivity index (χ1n) is 9.18. The predicted octanol–water partition coefficient (Wildman–Crippen LogP) is 2.68. The Hall–Kier alpha value is -3.22. The molecule has 0 saturated carbocycles. The maximum Gasteiger partial charge on any atom is 0.322 e. The van der Waals surface area contributed by atoms with Gasteiger partial charge in [0.2, 0.25) is 0 Å². The van der Waals surface area contributed by atoms with Crippen LogP contribution in [0.25, 0.3) is 0 Å². The summed E-state index contributed by atoms with van der Waals surface area (Å²) in [6.45, 7) is 3.96. The molecule has 1 fully saturated rings. The topological polar surface area (TPSA) is 71.1 Å². The van der Waals surface area contributed by atoms with E-state index in [2.05, 4.69) is 5.32 Å². The van der Waals surface area contributed by atoms with Crippen molar-refractivity contribution < 1.29 is 19.1 Å². The highest BCUT2D eigenvalue weighted by molar-refractivity contribution is 5.97. The zero-order valence-electron chi connectivity index (χ0n) is 16.4. The Morgan fingerprint density at radius 3 is 2.61 bits per heavy atom. The average molecular weight is 383 g/mol. The van der Waals surface area contributed by atoms with Gasteiger partial charge in [-0.1, -0.05) is 12.1 Å². The molecule has 0 aliphatic carbocycles. The number of benzene rings is 2. The first-order valence-corrected chi connectivity index (χ1v) is 9.18. The number of para-hydroxylation sites is 2. The maximum absolute atomic E-state index is 12.7. The van der Waals surface area contributed by atoms with Gasteiger partial charge in [-0.2, -0.15) is 0 Å². The number of nitrogens with one attached hydrogen (secondary N) is 1. The van der Waals surface area contributed by atoms with Gasteiger partial charge in [0.1, 0.15) is 6.61 Å². The molecule has 1 saturated heterocycles. The number of methoxy groups -OCH3 is 1. The minimum absolute atomic E-state index is 0.0934. The van der Waals surface area contributed by atoms with Crippen LogP contribution in [0.2, 0.25) is 0 Å². The van der Waals surface area contributed by atoms with Crippen molar-refractivity contribution in [2.24, 2.45) is 0 Å². The van der Waals surface area contributed by atoms with Crippen molar-refractivity contribution in [3.63, 3.8) is 0 Å². The summed E-state index contributed by atoms with van der Waals surface area (Å²) in [5.74, 6) is 1.22. The molecule has 0 unspecified atom stereocenters. The fourth-order valence-corrected chi connectivity index (χ4v) is 3.15. The molecular weight excluding hydrogens is 358 g/mol. The number of nitrogens with zero attached hydrogens (tertiary/aromatic N) is 2. The lowest BCUT2D eigenvalue weighted by atomic mass is 10.1. The Morgan fingerprint density at radius 2 is 1.96 bits per heavy atom. The van der Waals surface area contributed by atoms with Crippen LogP contribution in [-0.2, 0) is 0 Å². The van der Waals surface area contributed by atoms with E-state index in [1.165, 1.54) is 0 Å². The minimum atomic E-state index is -0.104. The van der Waals surface area contributed by atoms with Crippen LogP contribution in [0.5, 0.6) is 11.5 Å². The molecule has 0 aromatic heterocycles.